The first-order chi connectivity index (χ1) is 16.6. The van der Waals surface area contributed by atoms with Crippen molar-refractivity contribution in [1.29, 1.82) is 0 Å². The molecule has 2 bridgehead atoms. The van der Waals surface area contributed by atoms with E-state index >= 15 is 0 Å². The number of unbranched alkanes of at least 4 members (excludes halogenated alkanes) is 3. The van der Waals surface area contributed by atoms with Gasteiger partial charge in [0.05, 0.1) is 5.60 Å². The number of hydrogen-bond donors (Lipinski definition) is 1. The van der Waals surface area contributed by atoms with Crippen molar-refractivity contribution in [3.63, 3.8) is 0 Å². The highest BCUT2D eigenvalue weighted by atomic mass is 16.6. The number of piperidine rings is 2. The van der Waals surface area contributed by atoms with Gasteiger partial charge in [0.1, 0.15) is 6.61 Å². The number of benzene rings is 2. The number of nitrogens with zero attached hydrogens (tertiary/aromatic N) is 1. The predicted octanol–water partition coefficient (Wildman–Crippen LogP) is 6.82. The van der Waals surface area contributed by atoms with E-state index in [0.29, 0.717) is 19.4 Å². The van der Waals surface area contributed by atoms with Crippen molar-refractivity contribution < 1.29 is 14.6 Å². The third-order valence-electron chi connectivity index (χ3n) is 8.19. The zero-order valence-corrected chi connectivity index (χ0v) is 20.1. The quantitative estimate of drug-likeness (QED) is 0.348. The predicted molar refractivity (Wildman–Crippen MR) is 136 cm³/mol. The molecule has 2 atom stereocenters. The molecule has 1 N–H and O–H groups in total. The second-order valence-electron chi connectivity index (χ2n) is 10.5. The fraction of sp³-hybridized carbons (Fsp3) is 0.500. The van der Waals surface area contributed by atoms with E-state index in [9.17, 15) is 9.90 Å². The van der Waals surface area contributed by atoms with Crippen LogP contribution in [0.1, 0.15) is 81.3 Å². The third kappa shape index (κ3) is 4.53. The standard InChI is InChI=1S/C30H37NO3/c1-2-3-4-5-10-18-30(33)19-22-12-11-13-23(20-30)31(22)29(32)34-21-28-26-16-8-6-14-24(26)25-15-7-9-17-27(25)28/h2,6-9,14-17,22-23,28,33H,1,3-5,10-13,18-21H2. The Hall–Kier alpha value is -2.59. The number of rotatable bonds is 8. The lowest BCUT2D eigenvalue weighted by atomic mass is 9.73. The highest BCUT2D eigenvalue weighted by Gasteiger charge is 2.47. The lowest BCUT2D eigenvalue weighted by Gasteiger charge is -2.51. The normalized spacial score (nSPS) is 25.5. The summed E-state index contributed by atoms with van der Waals surface area (Å²) >= 11 is 0. The van der Waals surface area contributed by atoms with Crippen molar-refractivity contribution in [2.45, 2.75) is 87.8 Å². The summed E-state index contributed by atoms with van der Waals surface area (Å²) in [6, 6.07) is 17.0. The Morgan fingerprint density at radius 2 is 1.62 bits per heavy atom. The van der Waals surface area contributed by atoms with Gasteiger partial charge < -0.3 is 14.7 Å². The monoisotopic (exact) mass is 459 g/mol. The second-order valence-corrected chi connectivity index (χ2v) is 10.5. The average Bonchev–Trinajstić information content (AvgIpc) is 3.15. The van der Waals surface area contributed by atoms with Crippen LogP contribution in [0.15, 0.2) is 61.2 Å². The number of ether oxygens (including phenoxy) is 1. The van der Waals surface area contributed by atoms with Crippen molar-refractivity contribution >= 4 is 6.09 Å². The van der Waals surface area contributed by atoms with Crippen LogP contribution in [-0.4, -0.2) is 40.4 Å². The number of fused-ring (bicyclic) bond motifs is 5. The van der Waals surface area contributed by atoms with Gasteiger partial charge in [0.2, 0.25) is 0 Å². The number of carbonyl (C=O) groups is 1. The zero-order valence-electron chi connectivity index (χ0n) is 20.1. The van der Waals surface area contributed by atoms with Gasteiger partial charge in [-0.25, -0.2) is 4.79 Å². The van der Waals surface area contributed by atoms with E-state index in [1.807, 2.05) is 11.0 Å². The number of allylic oxidation sites excluding steroid dienone is 1. The summed E-state index contributed by atoms with van der Waals surface area (Å²) < 4.78 is 6.01. The van der Waals surface area contributed by atoms with Crippen LogP contribution in [0, 0.1) is 0 Å². The van der Waals surface area contributed by atoms with Crippen LogP contribution in [0.25, 0.3) is 11.1 Å². The minimum Gasteiger partial charge on any atom is -0.448 e. The molecule has 0 radical (unpaired) electrons. The van der Waals surface area contributed by atoms with Crippen LogP contribution in [0.4, 0.5) is 4.79 Å². The van der Waals surface area contributed by atoms with Crippen LogP contribution >= 0.6 is 0 Å². The molecule has 4 nitrogen and oxygen atoms in total. The molecule has 34 heavy (non-hydrogen) atoms. The number of amides is 1. The maximum absolute atomic E-state index is 13.3. The lowest BCUT2D eigenvalue weighted by molar-refractivity contribution is -0.0893. The van der Waals surface area contributed by atoms with Crippen molar-refractivity contribution in [3.05, 3.63) is 72.3 Å². The molecule has 2 unspecified atom stereocenters. The zero-order chi connectivity index (χ0) is 23.5. The summed E-state index contributed by atoms with van der Waals surface area (Å²) in [5.74, 6) is 0.0773. The van der Waals surface area contributed by atoms with Gasteiger partial charge in [-0.1, -0.05) is 67.4 Å². The van der Waals surface area contributed by atoms with E-state index in [2.05, 4.69) is 55.1 Å². The van der Waals surface area contributed by atoms with E-state index in [1.165, 1.54) is 22.3 Å². The molecule has 0 saturated carbocycles. The Morgan fingerprint density at radius 3 is 2.24 bits per heavy atom. The molecule has 4 heteroatoms. The van der Waals surface area contributed by atoms with Gasteiger partial charge in [0, 0.05) is 18.0 Å². The number of carbonyl (C=O) groups excluding carboxylic acids is 1. The molecule has 2 aliphatic heterocycles. The van der Waals surface area contributed by atoms with Gasteiger partial charge in [-0.2, -0.15) is 0 Å². The van der Waals surface area contributed by atoms with Crippen molar-refractivity contribution in [2.24, 2.45) is 0 Å². The number of aliphatic hydroxyl groups is 1. The third-order valence-corrected chi connectivity index (χ3v) is 8.19. The Balaban J connectivity index is 1.23. The molecule has 0 spiro atoms. The Morgan fingerprint density at radius 1 is 1.00 bits per heavy atom. The second kappa shape index (κ2) is 9.95. The summed E-state index contributed by atoms with van der Waals surface area (Å²) in [6.45, 7) is 4.15. The van der Waals surface area contributed by atoms with Gasteiger partial charge >= 0.3 is 6.09 Å². The Kier molecular flexibility index (Phi) is 6.78. The molecule has 1 aliphatic carbocycles. The molecule has 2 aromatic carbocycles. The molecule has 5 rings (SSSR count). The van der Waals surface area contributed by atoms with Crippen LogP contribution in [0.3, 0.4) is 0 Å². The SMILES string of the molecule is C=CCCCCCC1(O)CC2CCCC(C1)N2C(=O)OCC1c2ccccc2-c2ccccc21. The average molecular weight is 460 g/mol. The van der Waals surface area contributed by atoms with E-state index in [1.54, 1.807) is 0 Å². The van der Waals surface area contributed by atoms with E-state index in [4.69, 9.17) is 4.74 Å². The van der Waals surface area contributed by atoms with Gasteiger partial charge in [-0.15, -0.1) is 6.58 Å². The number of hydrogen-bond acceptors (Lipinski definition) is 3. The van der Waals surface area contributed by atoms with Crippen LogP contribution < -0.4 is 0 Å². The van der Waals surface area contributed by atoms with Crippen molar-refractivity contribution in [2.75, 3.05) is 6.61 Å². The van der Waals surface area contributed by atoms with Gasteiger partial charge in [-0.3, -0.25) is 0 Å². The summed E-state index contributed by atoms with van der Waals surface area (Å²) in [5, 5.41) is 11.4. The van der Waals surface area contributed by atoms with Gasteiger partial charge in [-0.05, 0) is 73.6 Å². The lowest BCUT2D eigenvalue weighted by Crippen LogP contribution is -2.60. The smallest absolute Gasteiger partial charge is 0.410 e. The highest BCUT2D eigenvalue weighted by Crippen LogP contribution is 2.45. The van der Waals surface area contributed by atoms with Crippen molar-refractivity contribution in [1.82, 2.24) is 4.90 Å². The molecule has 2 saturated heterocycles. The highest BCUT2D eigenvalue weighted by molar-refractivity contribution is 5.79. The van der Waals surface area contributed by atoms with E-state index in [0.717, 1.165) is 51.4 Å². The summed E-state index contributed by atoms with van der Waals surface area (Å²) in [5.41, 5.74) is 4.31. The largest absolute Gasteiger partial charge is 0.448 e. The summed E-state index contributed by atoms with van der Waals surface area (Å²) in [4.78, 5) is 15.3. The minimum absolute atomic E-state index is 0.0773. The molecular weight excluding hydrogens is 422 g/mol. The summed E-state index contributed by atoms with van der Waals surface area (Å²) in [7, 11) is 0. The van der Waals surface area contributed by atoms with Crippen LogP contribution in [-0.2, 0) is 4.74 Å². The fourth-order valence-corrected chi connectivity index (χ4v) is 6.62. The summed E-state index contributed by atoms with van der Waals surface area (Å²) in [6.07, 6.45) is 11.3. The Labute approximate surface area is 203 Å². The molecule has 2 aromatic rings. The molecule has 2 heterocycles. The maximum Gasteiger partial charge on any atom is 0.410 e. The van der Waals surface area contributed by atoms with E-state index < -0.39 is 5.60 Å². The molecule has 0 aromatic heterocycles. The van der Waals surface area contributed by atoms with Gasteiger partial charge in [0.15, 0.2) is 0 Å². The minimum atomic E-state index is -0.649. The molecule has 2 fully saturated rings. The first-order valence-corrected chi connectivity index (χ1v) is 13.1. The van der Waals surface area contributed by atoms with Crippen LogP contribution in [0.5, 0.6) is 0 Å². The first kappa shape index (κ1) is 23.2. The topological polar surface area (TPSA) is 49.8 Å². The first-order valence-electron chi connectivity index (χ1n) is 13.1. The molecule has 3 aliphatic rings. The van der Waals surface area contributed by atoms with Gasteiger partial charge in [0.25, 0.3) is 0 Å². The Bertz CT molecular complexity index is 972. The molecular formula is C30H37NO3. The molecule has 1 amide bonds. The van der Waals surface area contributed by atoms with Crippen LogP contribution in [0.2, 0.25) is 0 Å². The molecule has 180 valence electrons. The maximum atomic E-state index is 13.3. The van der Waals surface area contributed by atoms with E-state index in [-0.39, 0.29) is 24.1 Å². The van der Waals surface area contributed by atoms with Crippen molar-refractivity contribution in [3.8, 4) is 11.1 Å². The fourth-order valence-electron chi connectivity index (χ4n) is 6.62.